The summed E-state index contributed by atoms with van der Waals surface area (Å²) in [5, 5.41) is 8.49. The maximum atomic E-state index is 17.4. The van der Waals surface area contributed by atoms with Gasteiger partial charge in [-0.2, -0.15) is 31.4 Å². The largest absolute Gasteiger partial charge is 0.424 e. The zero-order valence-electron chi connectivity index (χ0n) is 36.4. The van der Waals surface area contributed by atoms with Crippen molar-refractivity contribution in [3.63, 3.8) is 0 Å². The molecule has 10 nitrogen and oxygen atoms in total. The van der Waals surface area contributed by atoms with Gasteiger partial charge in [-0.3, -0.25) is 14.4 Å². The van der Waals surface area contributed by atoms with Crippen LogP contribution in [-0.2, 0) is 64.5 Å². The number of allylic oxidation sites excluding steroid dienone is 2. The summed E-state index contributed by atoms with van der Waals surface area (Å²) in [6.07, 6.45) is -7.58. The molecule has 0 saturated carbocycles. The van der Waals surface area contributed by atoms with Crippen LogP contribution in [0.5, 0.6) is 0 Å². The number of esters is 1. The van der Waals surface area contributed by atoms with Crippen LogP contribution in [0.1, 0.15) is 107 Å². The van der Waals surface area contributed by atoms with Crippen LogP contribution < -0.4 is 5.32 Å². The van der Waals surface area contributed by atoms with Crippen LogP contribution in [0.3, 0.4) is 0 Å². The third-order valence-corrected chi connectivity index (χ3v) is 13.5. The lowest BCUT2D eigenvalue weighted by Gasteiger charge is -2.45. The molecule has 1 fully saturated rings. The summed E-state index contributed by atoms with van der Waals surface area (Å²) in [7, 11) is 0. The number of ether oxygens (including phenoxy) is 2. The van der Waals surface area contributed by atoms with Gasteiger partial charge in [-0.05, 0) is 98.4 Å². The number of benzene rings is 3. The number of carbonyl (C=O) groups excluding carboxylic acids is 2. The summed E-state index contributed by atoms with van der Waals surface area (Å²) in [5.74, 6) is -0.712. The third kappa shape index (κ3) is 7.44. The number of hydrogen-bond donors (Lipinski definition) is 1. The Morgan fingerprint density at radius 3 is 2.25 bits per heavy atom. The van der Waals surface area contributed by atoms with Gasteiger partial charge in [0, 0.05) is 63.1 Å². The van der Waals surface area contributed by atoms with Gasteiger partial charge >= 0.3 is 24.4 Å². The number of piperazine rings is 1. The number of carbonyl (C=O) groups is 2. The van der Waals surface area contributed by atoms with Crippen LogP contribution >= 0.6 is 0 Å². The predicted molar refractivity (Wildman–Crippen MR) is 226 cm³/mol. The quantitative estimate of drug-likeness (QED) is 0.0936. The second-order valence-corrected chi connectivity index (χ2v) is 17.9. The van der Waals surface area contributed by atoms with Crippen LogP contribution in [0.2, 0.25) is 0 Å². The molecule has 0 amide bonds. The molecule has 5 aromatic rings. The first-order valence-corrected chi connectivity index (χ1v) is 21.4. The van der Waals surface area contributed by atoms with E-state index in [0.717, 1.165) is 60.2 Å². The van der Waals surface area contributed by atoms with Gasteiger partial charge in [0.05, 0.1) is 50.4 Å². The van der Waals surface area contributed by atoms with Crippen molar-refractivity contribution >= 4 is 17.6 Å². The van der Waals surface area contributed by atoms with Gasteiger partial charge in [-0.25, -0.2) is 18.7 Å². The van der Waals surface area contributed by atoms with Crippen molar-refractivity contribution in [2.45, 2.75) is 89.6 Å². The summed E-state index contributed by atoms with van der Waals surface area (Å²) in [5.41, 5.74) is -1.17. The van der Waals surface area contributed by atoms with Crippen molar-refractivity contribution in [3.05, 3.63) is 146 Å². The highest BCUT2D eigenvalue weighted by Crippen LogP contribution is 2.60. The summed E-state index contributed by atoms with van der Waals surface area (Å²) >= 11 is 0. The van der Waals surface area contributed by atoms with Gasteiger partial charge in [0.1, 0.15) is 0 Å². The van der Waals surface area contributed by atoms with Crippen LogP contribution in [-0.4, -0.2) is 69.2 Å². The highest BCUT2D eigenvalue weighted by atomic mass is 19.4. The van der Waals surface area contributed by atoms with E-state index in [4.69, 9.17) is 14.6 Å². The fourth-order valence-electron chi connectivity index (χ4n) is 10.1. The maximum absolute atomic E-state index is 17.4. The molecule has 3 aromatic carbocycles. The Kier molecular flexibility index (Phi) is 10.7. The van der Waals surface area contributed by atoms with E-state index in [1.54, 1.807) is 36.9 Å². The molecular weight excluding hydrogens is 858 g/mol. The minimum atomic E-state index is -5.06. The number of halogens is 7. The summed E-state index contributed by atoms with van der Waals surface area (Å²) in [6, 6.07) is 16.0. The number of rotatable bonds is 8. The lowest BCUT2D eigenvalue weighted by molar-refractivity contribution is -0.143. The summed E-state index contributed by atoms with van der Waals surface area (Å²) in [4.78, 5) is 30.8. The molecule has 2 aromatic heterocycles. The van der Waals surface area contributed by atoms with E-state index in [0.29, 0.717) is 46.1 Å². The second kappa shape index (κ2) is 15.7. The van der Waals surface area contributed by atoms with E-state index in [2.05, 4.69) is 10.2 Å². The Balaban J connectivity index is 1.04. The molecule has 1 saturated heterocycles. The van der Waals surface area contributed by atoms with E-state index >= 15 is 4.39 Å². The number of aromatic nitrogens is 3. The van der Waals surface area contributed by atoms with Crippen molar-refractivity contribution in [2.75, 3.05) is 33.0 Å². The predicted octanol–water partition coefficient (Wildman–Crippen LogP) is 9.63. The van der Waals surface area contributed by atoms with Crippen molar-refractivity contribution in [2.24, 2.45) is 0 Å². The number of hydrogen-bond acceptors (Lipinski definition) is 8. The van der Waals surface area contributed by atoms with Crippen molar-refractivity contribution in [1.29, 1.82) is 0 Å². The lowest BCUT2D eigenvalue weighted by Crippen LogP contribution is -2.42. The van der Waals surface area contributed by atoms with Crippen LogP contribution in [0.15, 0.2) is 79.0 Å². The molecule has 3 aliphatic heterocycles. The number of nitrogens with one attached hydrogen (secondary N) is 1. The molecule has 65 heavy (non-hydrogen) atoms. The van der Waals surface area contributed by atoms with Gasteiger partial charge in [0.15, 0.2) is 5.67 Å². The third-order valence-electron chi connectivity index (χ3n) is 13.5. The Labute approximate surface area is 370 Å². The Bertz CT molecular complexity index is 2740. The van der Waals surface area contributed by atoms with Gasteiger partial charge < -0.3 is 14.8 Å². The van der Waals surface area contributed by atoms with Crippen LogP contribution in [0.4, 0.5) is 35.5 Å². The average Bonchev–Trinajstić information content (AvgIpc) is 3.95. The zero-order chi connectivity index (χ0) is 46.4. The van der Waals surface area contributed by atoms with Crippen molar-refractivity contribution < 1.29 is 49.8 Å². The SMILES string of the molecule is CCc1cccc2c1-n1nc3c(c1C1(C)C2=CC(C)(F)c2c1ccn2C(=O)OCOC(=O)c1ccc(CN2CCNCC2)cc1)CN(Cc1ccc(C(F)(F)F)cc1C(F)(F)F)C3(C)C. The lowest BCUT2D eigenvalue weighted by atomic mass is 9.62. The Morgan fingerprint density at radius 1 is 0.846 bits per heavy atom. The molecule has 1 aliphatic carbocycles. The molecule has 1 N–H and O–H groups in total. The molecule has 0 bridgehead atoms. The normalized spacial score (nSPS) is 21.4. The monoisotopic (exact) mass is 904 g/mol. The fourth-order valence-corrected chi connectivity index (χ4v) is 10.1. The molecule has 0 spiro atoms. The van der Waals surface area contributed by atoms with Crippen LogP contribution in [0, 0.1) is 0 Å². The van der Waals surface area contributed by atoms with Gasteiger partial charge in [0.25, 0.3) is 0 Å². The molecule has 17 heteroatoms. The number of aryl methyl sites for hydroxylation is 1. The first kappa shape index (κ1) is 44.4. The highest BCUT2D eigenvalue weighted by Gasteiger charge is 2.56. The standard InChI is InChI=1S/C48H47F7N6O4/c1-6-29-8-7-9-33-37-23-45(4,49)41-35(16-19-60(41)43(63)65-27-64-42(62)30-12-10-28(11-13-30)24-58-20-17-56-18-21-58)46(37,5)40-34-26-59(44(2,3)39(34)57-61(40)38(29)33)25-31-14-15-32(47(50,51)52)22-36(31)48(53,54)55/h7-16,19,22-23,56H,6,17-18,20-21,24-27H2,1-5H3. The first-order valence-electron chi connectivity index (χ1n) is 21.4. The number of alkyl halides is 7. The number of nitrogens with zero attached hydrogens (tertiary/aromatic N) is 5. The molecule has 2 unspecified atom stereocenters. The minimum Gasteiger partial charge on any atom is -0.424 e. The van der Waals surface area contributed by atoms with E-state index in [1.165, 1.54) is 19.2 Å². The minimum absolute atomic E-state index is 0.0366. The molecule has 4 aliphatic rings. The van der Waals surface area contributed by atoms with E-state index in [1.807, 2.05) is 48.9 Å². The van der Waals surface area contributed by atoms with Gasteiger partial charge in [-0.15, -0.1) is 0 Å². The van der Waals surface area contributed by atoms with Crippen molar-refractivity contribution in [3.8, 4) is 5.69 Å². The maximum Gasteiger partial charge on any atom is 0.421 e. The van der Waals surface area contributed by atoms with E-state index in [9.17, 15) is 35.9 Å². The van der Waals surface area contributed by atoms with E-state index in [-0.39, 0.29) is 36.0 Å². The summed E-state index contributed by atoms with van der Waals surface area (Å²) < 4.78 is 115. The molecule has 0 radical (unpaired) electrons. The fraction of sp³-hybridized carbons (Fsp3) is 0.396. The van der Waals surface area contributed by atoms with E-state index < -0.39 is 59.0 Å². The number of fused-ring (bicyclic) bond motifs is 10. The topological polar surface area (TPSA) is 93.9 Å². The van der Waals surface area contributed by atoms with Gasteiger partial charge in [-0.1, -0.05) is 43.3 Å². The highest BCUT2D eigenvalue weighted by molar-refractivity contribution is 5.91. The van der Waals surface area contributed by atoms with Crippen molar-refractivity contribution in [1.82, 2.24) is 29.5 Å². The average molecular weight is 905 g/mol. The first-order chi connectivity index (χ1) is 30.6. The molecule has 5 heterocycles. The second-order valence-electron chi connectivity index (χ2n) is 17.9. The Morgan fingerprint density at radius 2 is 1.57 bits per heavy atom. The Hall–Kier alpha value is -5.78. The smallest absolute Gasteiger partial charge is 0.421 e. The zero-order valence-corrected chi connectivity index (χ0v) is 36.4. The number of para-hydroxylation sites is 1. The van der Waals surface area contributed by atoms with Gasteiger partial charge in [0.2, 0.25) is 6.79 Å². The molecule has 342 valence electrons. The molecule has 2 atom stereocenters. The molecule has 9 rings (SSSR count). The van der Waals surface area contributed by atoms with Crippen LogP contribution in [0.25, 0.3) is 11.3 Å². The molecular formula is C48H47F7N6O4. The summed E-state index contributed by atoms with van der Waals surface area (Å²) in [6.45, 7) is 12.2.